The van der Waals surface area contributed by atoms with E-state index in [4.69, 9.17) is 9.84 Å². The van der Waals surface area contributed by atoms with Crippen LogP contribution in [0, 0.1) is 0 Å². The van der Waals surface area contributed by atoms with Crippen LogP contribution in [0.5, 0.6) is 0 Å². The molecule has 0 aliphatic heterocycles. The zero-order valence-electron chi connectivity index (χ0n) is 13.0. The van der Waals surface area contributed by atoms with E-state index in [0.29, 0.717) is 12.8 Å². The molecule has 116 valence electrons. The van der Waals surface area contributed by atoms with Gasteiger partial charge in [-0.1, -0.05) is 42.5 Å². The van der Waals surface area contributed by atoms with Gasteiger partial charge in [0, 0.05) is 6.61 Å². The van der Waals surface area contributed by atoms with Gasteiger partial charge in [0.2, 0.25) is 0 Å². The van der Waals surface area contributed by atoms with Crippen LogP contribution in [0.4, 0.5) is 4.79 Å². The molecule has 1 aromatic rings. The van der Waals surface area contributed by atoms with Gasteiger partial charge < -0.3 is 15.2 Å². The summed E-state index contributed by atoms with van der Waals surface area (Å²) in [5.74, 6) is 0. The van der Waals surface area contributed by atoms with Crippen LogP contribution < -0.4 is 5.32 Å². The van der Waals surface area contributed by atoms with E-state index in [1.165, 1.54) is 0 Å². The quantitative estimate of drug-likeness (QED) is 0.792. The topological polar surface area (TPSA) is 58.6 Å². The summed E-state index contributed by atoms with van der Waals surface area (Å²) in [6.45, 7) is 5.60. The maximum atomic E-state index is 11.9. The standard InChI is InChI=1S/C17H25NO3/c1-17(2,3)21-16(20)18-15(11-7-8-12-19)13-14-9-5-4-6-10-14/h4-7,9-11,15,19H,8,12-13H2,1-3H3,(H,18,20)/b11-7-/t15-/m1/s1. The van der Waals surface area contributed by atoms with Gasteiger partial charge in [0.25, 0.3) is 0 Å². The van der Waals surface area contributed by atoms with E-state index in [9.17, 15) is 4.79 Å². The van der Waals surface area contributed by atoms with Crippen molar-refractivity contribution in [3.63, 3.8) is 0 Å². The molecule has 0 aliphatic carbocycles. The fourth-order valence-electron chi connectivity index (χ4n) is 1.83. The van der Waals surface area contributed by atoms with Crippen molar-refractivity contribution >= 4 is 6.09 Å². The summed E-state index contributed by atoms with van der Waals surface area (Å²) in [6.07, 6.45) is 4.58. The van der Waals surface area contributed by atoms with E-state index in [2.05, 4.69) is 5.32 Å². The highest BCUT2D eigenvalue weighted by Crippen LogP contribution is 2.09. The van der Waals surface area contributed by atoms with Gasteiger partial charge in [0.1, 0.15) is 5.60 Å². The fourth-order valence-corrected chi connectivity index (χ4v) is 1.83. The number of alkyl carbamates (subject to hydrolysis) is 1. The van der Waals surface area contributed by atoms with Crippen molar-refractivity contribution in [2.24, 2.45) is 0 Å². The Morgan fingerprint density at radius 1 is 1.33 bits per heavy atom. The number of carbonyl (C=O) groups excluding carboxylic acids is 1. The minimum Gasteiger partial charge on any atom is -0.444 e. The van der Waals surface area contributed by atoms with Crippen LogP contribution in [-0.4, -0.2) is 29.4 Å². The molecule has 0 saturated heterocycles. The summed E-state index contributed by atoms with van der Waals surface area (Å²) in [5, 5.41) is 11.7. The Hall–Kier alpha value is -1.81. The second kappa shape index (κ2) is 8.47. The van der Waals surface area contributed by atoms with Gasteiger partial charge in [-0.3, -0.25) is 0 Å². The molecule has 0 fully saturated rings. The molecule has 21 heavy (non-hydrogen) atoms. The van der Waals surface area contributed by atoms with Crippen LogP contribution in [0.2, 0.25) is 0 Å². The Morgan fingerprint density at radius 2 is 2.00 bits per heavy atom. The molecule has 0 aliphatic rings. The molecule has 1 atom stereocenters. The third kappa shape index (κ3) is 8.15. The van der Waals surface area contributed by atoms with Crippen LogP contribution in [-0.2, 0) is 11.2 Å². The molecule has 2 N–H and O–H groups in total. The van der Waals surface area contributed by atoms with Crippen LogP contribution in [0.15, 0.2) is 42.5 Å². The first-order valence-electron chi connectivity index (χ1n) is 7.21. The lowest BCUT2D eigenvalue weighted by atomic mass is 10.1. The lowest BCUT2D eigenvalue weighted by molar-refractivity contribution is 0.0514. The van der Waals surface area contributed by atoms with Gasteiger partial charge in [0.05, 0.1) is 6.04 Å². The number of aliphatic hydroxyl groups is 1. The first-order valence-corrected chi connectivity index (χ1v) is 7.21. The molecule has 0 aromatic heterocycles. The first kappa shape index (κ1) is 17.2. The molecular formula is C17H25NO3. The van der Waals surface area contributed by atoms with Crippen molar-refractivity contribution in [3.8, 4) is 0 Å². The molecule has 4 nitrogen and oxygen atoms in total. The Bertz CT molecular complexity index is 449. The third-order valence-electron chi connectivity index (χ3n) is 2.66. The molecule has 0 heterocycles. The fraction of sp³-hybridized carbons (Fsp3) is 0.471. The predicted molar refractivity (Wildman–Crippen MR) is 84.1 cm³/mol. The van der Waals surface area contributed by atoms with E-state index in [-0.39, 0.29) is 12.6 Å². The van der Waals surface area contributed by atoms with Crippen molar-refractivity contribution in [2.75, 3.05) is 6.61 Å². The van der Waals surface area contributed by atoms with E-state index in [1.807, 2.05) is 63.3 Å². The smallest absolute Gasteiger partial charge is 0.408 e. The van der Waals surface area contributed by atoms with Crippen molar-refractivity contribution in [3.05, 3.63) is 48.0 Å². The minimum atomic E-state index is -0.518. The number of hydrogen-bond acceptors (Lipinski definition) is 3. The monoisotopic (exact) mass is 291 g/mol. The molecule has 1 rings (SSSR count). The van der Waals surface area contributed by atoms with Crippen molar-refractivity contribution < 1.29 is 14.6 Å². The molecule has 1 amide bonds. The van der Waals surface area contributed by atoms with E-state index in [1.54, 1.807) is 0 Å². The van der Waals surface area contributed by atoms with Crippen LogP contribution >= 0.6 is 0 Å². The number of hydrogen-bond donors (Lipinski definition) is 2. The predicted octanol–water partition coefficient (Wildman–Crippen LogP) is 3.06. The average Bonchev–Trinajstić information content (AvgIpc) is 2.37. The molecule has 1 aromatic carbocycles. The highest BCUT2D eigenvalue weighted by atomic mass is 16.6. The highest BCUT2D eigenvalue weighted by Gasteiger charge is 2.18. The molecular weight excluding hydrogens is 266 g/mol. The van der Waals surface area contributed by atoms with E-state index in [0.717, 1.165) is 5.56 Å². The summed E-state index contributed by atoms with van der Waals surface area (Å²) >= 11 is 0. The van der Waals surface area contributed by atoms with Crippen LogP contribution in [0.25, 0.3) is 0 Å². The summed E-state index contributed by atoms with van der Waals surface area (Å²) in [4.78, 5) is 11.9. The second-order valence-electron chi connectivity index (χ2n) is 5.88. The normalized spacial score (nSPS) is 13.1. The van der Waals surface area contributed by atoms with Gasteiger partial charge in [-0.15, -0.1) is 0 Å². The van der Waals surface area contributed by atoms with Crippen molar-refractivity contribution in [1.82, 2.24) is 5.32 Å². The van der Waals surface area contributed by atoms with Gasteiger partial charge >= 0.3 is 6.09 Å². The number of benzene rings is 1. The number of aliphatic hydroxyl groups excluding tert-OH is 1. The number of ether oxygens (including phenoxy) is 1. The zero-order valence-corrected chi connectivity index (χ0v) is 13.0. The Kier molecular flexibility index (Phi) is 6.96. The number of amides is 1. The third-order valence-corrected chi connectivity index (χ3v) is 2.66. The lowest BCUT2D eigenvalue weighted by Crippen LogP contribution is -2.39. The molecule has 0 bridgehead atoms. The Labute approximate surface area is 126 Å². The average molecular weight is 291 g/mol. The first-order chi connectivity index (χ1) is 9.90. The molecule has 0 radical (unpaired) electrons. The van der Waals surface area contributed by atoms with E-state index < -0.39 is 11.7 Å². The summed E-state index contributed by atoms with van der Waals surface area (Å²) in [7, 11) is 0. The molecule has 0 spiro atoms. The maximum absolute atomic E-state index is 11.9. The SMILES string of the molecule is CC(C)(C)OC(=O)N[C@H](/C=C\CCO)Cc1ccccc1. The molecule has 0 unspecified atom stereocenters. The number of rotatable bonds is 6. The Balaban J connectivity index is 2.66. The Morgan fingerprint density at radius 3 is 2.57 bits per heavy atom. The van der Waals surface area contributed by atoms with Crippen molar-refractivity contribution in [2.45, 2.75) is 45.3 Å². The second-order valence-corrected chi connectivity index (χ2v) is 5.88. The van der Waals surface area contributed by atoms with Crippen molar-refractivity contribution in [1.29, 1.82) is 0 Å². The summed E-state index contributed by atoms with van der Waals surface area (Å²) in [5.41, 5.74) is 0.614. The largest absolute Gasteiger partial charge is 0.444 e. The summed E-state index contributed by atoms with van der Waals surface area (Å²) in [6, 6.07) is 9.78. The van der Waals surface area contributed by atoms with Gasteiger partial charge in [-0.2, -0.15) is 0 Å². The van der Waals surface area contributed by atoms with E-state index >= 15 is 0 Å². The zero-order chi connectivity index (χ0) is 15.7. The highest BCUT2D eigenvalue weighted by molar-refractivity contribution is 5.68. The minimum absolute atomic E-state index is 0.0982. The van der Waals surface area contributed by atoms with Crippen LogP contribution in [0.1, 0.15) is 32.8 Å². The maximum Gasteiger partial charge on any atom is 0.408 e. The van der Waals surface area contributed by atoms with Gasteiger partial charge in [-0.05, 0) is 39.2 Å². The van der Waals surface area contributed by atoms with Gasteiger partial charge in [0.15, 0.2) is 0 Å². The number of carbonyl (C=O) groups is 1. The van der Waals surface area contributed by atoms with Gasteiger partial charge in [-0.25, -0.2) is 4.79 Å². The number of nitrogens with one attached hydrogen (secondary N) is 1. The summed E-state index contributed by atoms with van der Waals surface area (Å²) < 4.78 is 5.28. The van der Waals surface area contributed by atoms with Crippen LogP contribution in [0.3, 0.4) is 0 Å². The molecule has 0 saturated carbocycles. The lowest BCUT2D eigenvalue weighted by Gasteiger charge is -2.22. The molecule has 4 heteroatoms.